The lowest BCUT2D eigenvalue weighted by Crippen LogP contribution is -2.71. The highest BCUT2D eigenvalue weighted by atomic mass is 32.2. The van der Waals surface area contributed by atoms with Crippen LogP contribution in [0.15, 0.2) is 21.6 Å². The van der Waals surface area contributed by atoms with Gasteiger partial charge in [0, 0.05) is 29.6 Å². The summed E-state index contributed by atoms with van der Waals surface area (Å²) >= 11 is 3.54. The summed E-state index contributed by atoms with van der Waals surface area (Å²) in [7, 11) is 5.22. The second-order valence-corrected chi connectivity index (χ2v) is 11.2. The van der Waals surface area contributed by atoms with Crippen LogP contribution >= 0.6 is 35.1 Å². The Morgan fingerprint density at radius 1 is 1.39 bits per heavy atom. The van der Waals surface area contributed by atoms with Gasteiger partial charge in [0.25, 0.3) is 11.8 Å². The number of anilines is 1. The highest BCUT2D eigenvalue weighted by molar-refractivity contribution is 8.01. The number of amides is 2. The molecule has 2 aromatic rings. The van der Waals surface area contributed by atoms with Gasteiger partial charge in [-0.1, -0.05) is 16.9 Å². The number of nitrogens with zero attached hydrogens (tertiary/aromatic N) is 9. The molecule has 1 fully saturated rings. The second kappa shape index (κ2) is 12.0. The van der Waals surface area contributed by atoms with Gasteiger partial charge in [-0.2, -0.15) is 9.36 Å². The van der Waals surface area contributed by atoms with Crippen LogP contribution < -0.4 is 11.1 Å². The molecule has 4 heterocycles. The maximum atomic E-state index is 13.0. The van der Waals surface area contributed by atoms with E-state index in [2.05, 4.69) is 40.3 Å². The molecule has 2 aliphatic heterocycles. The van der Waals surface area contributed by atoms with Gasteiger partial charge >= 0.3 is 5.97 Å². The monoisotopic (exact) mass is 583 g/mol. The first-order chi connectivity index (χ1) is 18.2. The number of carboxylic acids is 1. The maximum absolute atomic E-state index is 13.0. The molecule has 2 atom stereocenters. The molecule has 2 aliphatic rings. The maximum Gasteiger partial charge on any atom is 0.352 e. The number of tetrazole rings is 1. The van der Waals surface area contributed by atoms with Gasteiger partial charge < -0.3 is 25.9 Å². The number of fused-ring (bicyclic) bond motifs is 1. The summed E-state index contributed by atoms with van der Waals surface area (Å²) in [5, 5.41) is 28.1. The smallest absolute Gasteiger partial charge is 0.352 e. The molecule has 0 aliphatic carbocycles. The third-order valence-electron chi connectivity index (χ3n) is 5.44. The van der Waals surface area contributed by atoms with E-state index in [1.165, 1.54) is 35.5 Å². The number of carbonyl (C=O) groups is 3. The van der Waals surface area contributed by atoms with E-state index >= 15 is 0 Å². The number of rotatable bonds is 12. The molecule has 4 rings (SSSR count). The Labute approximate surface area is 229 Å². The molecule has 38 heavy (non-hydrogen) atoms. The predicted octanol–water partition coefficient (Wildman–Crippen LogP) is -1.06. The van der Waals surface area contributed by atoms with Crippen LogP contribution in [0, 0.1) is 0 Å². The average Bonchev–Trinajstić information content (AvgIpc) is 3.51. The van der Waals surface area contributed by atoms with Crippen LogP contribution in [0.25, 0.3) is 0 Å². The van der Waals surface area contributed by atoms with Crippen molar-refractivity contribution < 1.29 is 24.3 Å². The molecular weight excluding hydrogens is 558 g/mol. The molecule has 1 saturated heterocycles. The van der Waals surface area contributed by atoms with E-state index < -0.39 is 29.2 Å². The standard InChI is InChI=1S/C19H25N11O5S3/c1-28(2)5-4-6-29-19(23-26-27-29)37-8-9-7-36-16-11(15(32)30(16)12(9)17(33)34)21-14(31)10(24-35-3)13-22-18(20)38-25-13/h11,16H,4-8H2,1-3H3,(H,21,31)(H,33,34)(H2,20,22,25)/t11?,16-/m1/s1. The van der Waals surface area contributed by atoms with E-state index in [-0.39, 0.29) is 28.1 Å². The molecule has 4 N–H and O–H groups in total. The molecule has 0 bridgehead atoms. The largest absolute Gasteiger partial charge is 0.477 e. The number of aromatic nitrogens is 6. The number of hydrogen-bond acceptors (Lipinski definition) is 15. The Balaban J connectivity index is 1.44. The summed E-state index contributed by atoms with van der Waals surface area (Å²) in [6.45, 7) is 1.50. The highest BCUT2D eigenvalue weighted by Crippen LogP contribution is 2.41. The Morgan fingerprint density at radius 2 is 2.18 bits per heavy atom. The molecule has 16 nitrogen and oxygen atoms in total. The molecule has 1 unspecified atom stereocenters. The number of oxime groups is 1. The molecule has 0 spiro atoms. The minimum Gasteiger partial charge on any atom is -0.477 e. The molecule has 0 saturated carbocycles. The Morgan fingerprint density at radius 3 is 2.84 bits per heavy atom. The lowest BCUT2D eigenvalue weighted by Gasteiger charge is -2.49. The predicted molar refractivity (Wildman–Crippen MR) is 139 cm³/mol. The lowest BCUT2D eigenvalue weighted by atomic mass is 10.0. The van der Waals surface area contributed by atoms with Gasteiger partial charge in [0.1, 0.15) is 24.2 Å². The zero-order chi connectivity index (χ0) is 27.4. The summed E-state index contributed by atoms with van der Waals surface area (Å²) in [6.07, 6.45) is 0.852. The third kappa shape index (κ3) is 5.89. The number of carbonyl (C=O) groups excluding carboxylic acids is 2. The van der Waals surface area contributed by atoms with Crippen LogP contribution in [0.1, 0.15) is 12.2 Å². The van der Waals surface area contributed by atoms with Crippen molar-refractivity contribution >= 4 is 63.7 Å². The number of carboxylic acid groups (broad SMARTS) is 1. The quantitative estimate of drug-likeness (QED) is 0.118. The van der Waals surface area contributed by atoms with Crippen molar-refractivity contribution in [2.24, 2.45) is 5.16 Å². The van der Waals surface area contributed by atoms with Gasteiger partial charge in [0.2, 0.25) is 16.7 Å². The molecule has 19 heteroatoms. The fourth-order valence-corrected chi connectivity index (χ4v) is 6.56. The van der Waals surface area contributed by atoms with Gasteiger partial charge in [-0.05, 0) is 43.1 Å². The van der Waals surface area contributed by atoms with Crippen molar-refractivity contribution in [3.8, 4) is 0 Å². The van der Waals surface area contributed by atoms with Crippen molar-refractivity contribution in [3.05, 3.63) is 17.1 Å². The number of aryl methyl sites for hydroxylation is 1. The number of nitrogen functional groups attached to an aromatic ring is 1. The van der Waals surface area contributed by atoms with Crippen LogP contribution in [0.3, 0.4) is 0 Å². The van der Waals surface area contributed by atoms with Crippen molar-refractivity contribution in [1.82, 2.24) is 44.7 Å². The summed E-state index contributed by atoms with van der Waals surface area (Å²) in [6, 6.07) is -0.960. The molecule has 2 amide bonds. The zero-order valence-electron chi connectivity index (χ0n) is 20.6. The van der Waals surface area contributed by atoms with Crippen molar-refractivity contribution in [2.45, 2.75) is 29.5 Å². The summed E-state index contributed by atoms with van der Waals surface area (Å²) < 4.78 is 5.63. The van der Waals surface area contributed by atoms with Crippen LogP contribution in [-0.4, -0.2) is 119 Å². The highest BCUT2D eigenvalue weighted by Gasteiger charge is 2.54. The number of hydrogen-bond donors (Lipinski definition) is 3. The number of aliphatic carboxylic acids is 1. The number of thioether (sulfide) groups is 2. The van der Waals surface area contributed by atoms with E-state index in [4.69, 9.17) is 10.6 Å². The van der Waals surface area contributed by atoms with E-state index in [1.807, 2.05) is 14.1 Å². The fourth-order valence-electron chi connectivity index (χ4n) is 3.74. The van der Waals surface area contributed by atoms with Crippen LogP contribution in [0.2, 0.25) is 0 Å². The van der Waals surface area contributed by atoms with E-state index in [0.717, 1.165) is 24.5 Å². The SMILES string of the molecule is CON=C(C(=O)NC1C(=O)N2C(C(=O)O)=C(CSc3nnnn3CCCN(C)C)CS[C@H]12)c1nsc(N)n1. The fraction of sp³-hybridized carbons (Fsp3) is 0.526. The second-order valence-electron chi connectivity index (χ2n) is 8.33. The van der Waals surface area contributed by atoms with Crippen LogP contribution in [0.4, 0.5) is 5.13 Å². The normalized spacial score (nSPS) is 19.4. The van der Waals surface area contributed by atoms with Gasteiger partial charge in [-0.15, -0.1) is 16.9 Å². The summed E-state index contributed by atoms with van der Waals surface area (Å²) in [4.78, 5) is 49.9. The minimum absolute atomic E-state index is 0.0405. The van der Waals surface area contributed by atoms with Gasteiger partial charge in [-0.25, -0.2) is 9.48 Å². The van der Waals surface area contributed by atoms with Crippen molar-refractivity contribution in [2.75, 3.05) is 45.0 Å². The molecule has 0 radical (unpaired) electrons. The van der Waals surface area contributed by atoms with E-state index in [9.17, 15) is 19.5 Å². The Bertz CT molecular complexity index is 1280. The molecule has 0 aromatic carbocycles. The average molecular weight is 584 g/mol. The Kier molecular flexibility index (Phi) is 8.80. The zero-order valence-corrected chi connectivity index (χ0v) is 23.0. The van der Waals surface area contributed by atoms with E-state index in [1.54, 1.807) is 4.68 Å². The van der Waals surface area contributed by atoms with Crippen LogP contribution in [0.5, 0.6) is 0 Å². The van der Waals surface area contributed by atoms with E-state index in [0.29, 0.717) is 23.0 Å². The number of nitrogens with one attached hydrogen (secondary N) is 1. The summed E-state index contributed by atoms with van der Waals surface area (Å²) in [5.41, 5.74) is 5.81. The van der Waals surface area contributed by atoms with Crippen LogP contribution in [-0.2, 0) is 25.8 Å². The molecule has 2 aromatic heterocycles. The first-order valence-corrected chi connectivity index (χ1v) is 14.0. The summed E-state index contributed by atoms with van der Waals surface area (Å²) in [5.74, 6) is -1.92. The molecule has 204 valence electrons. The van der Waals surface area contributed by atoms with Gasteiger partial charge in [0.05, 0.1) is 0 Å². The third-order valence-corrected chi connectivity index (χ3v) is 8.36. The number of β-lactam (4-membered cyclic amide) rings is 1. The first kappa shape index (κ1) is 27.7. The first-order valence-electron chi connectivity index (χ1n) is 11.2. The Hall–Kier alpha value is -3.29. The molecular formula is C19H25N11O5S3. The van der Waals surface area contributed by atoms with Gasteiger partial charge in [0.15, 0.2) is 5.13 Å². The van der Waals surface area contributed by atoms with Crippen molar-refractivity contribution in [3.63, 3.8) is 0 Å². The van der Waals surface area contributed by atoms with Gasteiger partial charge in [-0.3, -0.25) is 14.5 Å². The number of nitrogens with two attached hydrogens (primary N) is 1. The topological polar surface area (TPSA) is 207 Å². The van der Waals surface area contributed by atoms with Crippen molar-refractivity contribution in [1.29, 1.82) is 0 Å². The minimum atomic E-state index is -1.22. The lowest BCUT2D eigenvalue weighted by molar-refractivity contribution is -0.150.